The van der Waals surface area contributed by atoms with E-state index < -0.39 is 35.2 Å². The average molecular weight is 430 g/mol. The van der Waals surface area contributed by atoms with Crippen molar-refractivity contribution < 1.29 is 22.4 Å². The number of halogens is 4. The smallest absolute Gasteiger partial charge is 0.280 e. The third-order valence-electron chi connectivity index (χ3n) is 4.95. The van der Waals surface area contributed by atoms with Crippen LogP contribution < -0.4 is 5.73 Å². The first-order valence-corrected chi connectivity index (χ1v) is 8.89. The Kier molecular flexibility index (Phi) is 4.88. The maximum Gasteiger partial charge on any atom is 0.280 e. The molecule has 0 fully saturated rings. The lowest BCUT2D eigenvalue weighted by Crippen LogP contribution is -2.41. The SMILES string of the molecule is CN1C(=O)C(c2ccnc(C(F)F)c2)(c2cc(F)c(F)c(-c3cnccn3)c2)N=C1N. The van der Waals surface area contributed by atoms with Gasteiger partial charge in [0.2, 0.25) is 0 Å². The Hall–Kier alpha value is -3.89. The summed E-state index contributed by atoms with van der Waals surface area (Å²) < 4.78 is 55.8. The Morgan fingerprint density at radius 2 is 1.84 bits per heavy atom. The van der Waals surface area contributed by atoms with Gasteiger partial charge in [-0.2, -0.15) is 0 Å². The van der Waals surface area contributed by atoms with Crippen LogP contribution in [0.4, 0.5) is 17.6 Å². The second-order valence-corrected chi connectivity index (χ2v) is 6.72. The number of guanidine groups is 1. The van der Waals surface area contributed by atoms with E-state index in [2.05, 4.69) is 19.9 Å². The molecule has 3 aromatic rings. The maximum absolute atomic E-state index is 14.6. The summed E-state index contributed by atoms with van der Waals surface area (Å²) in [6.45, 7) is 0. The first-order chi connectivity index (χ1) is 14.8. The van der Waals surface area contributed by atoms with Gasteiger partial charge in [-0.15, -0.1) is 0 Å². The molecular weight excluding hydrogens is 416 g/mol. The van der Waals surface area contributed by atoms with Gasteiger partial charge in [0.1, 0.15) is 5.69 Å². The molecule has 11 heteroatoms. The molecule has 158 valence electrons. The fourth-order valence-electron chi connectivity index (χ4n) is 3.40. The van der Waals surface area contributed by atoms with Crippen LogP contribution in [0, 0.1) is 11.6 Å². The van der Waals surface area contributed by atoms with Gasteiger partial charge in [0.25, 0.3) is 12.3 Å². The summed E-state index contributed by atoms with van der Waals surface area (Å²) in [7, 11) is 1.33. The number of carbonyl (C=O) groups is 1. The third-order valence-corrected chi connectivity index (χ3v) is 4.95. The van der Waals surface area contributed by atoms with Crippen molar-refractivity contribution in [2.45, 2.75) is 12.0 Å². The zero-order chi connectivity index (χ0) is 22.3. The Morgan fingerprint density at radius 1 is 1.06 bits per heavy atom. The first-order valence-electron chi connectivity index (χ1n) is 8.89. The monoisotopic (exact) mass is 430 g/mol. The van der Waals surface area contributed by atoms with Crippen molar-refractivity contribution in [3.63, 3.8) is 0 Å². The summed E-state index contributed by atoms with van der Waals surface area (Å²) in [6, 6.07) is 4.25. The number of likely N-dealkylation sites (N-methyl/N-ethyl adjacent to an activating group) is 1. The van der Waals surface area contributed by atoms with Gasteiger partial charge < -0.3 is 5.73 Å². The molecule has 0 bridgehead atoms. The molecule has 1 unspecified atom stereocenters. The van der Waals surface area contributed by atoms with Crippen LogP contribution in [-0.4, -0.2) is 38.8 Å². The van der Waals surface area contributed by atoms with Crippen LogP contribution in [0.15, 0.2) is 54.0 Å². The largest absolute Gasteiger partial charge is 0.369 e. The summed E-state index contributed by atoms with van der Waals surface area (Å²) in [5.41, 5.74) is 2.81. The summed E-state index contributed by atoms with van der Waals surface area (Å²) >= 11 is 0. The summed E-state index contributed by atoms with van der Waals surface area (Å²) in [6.07, 6.45) is 2.02. The minimum atomic E-state index is -2.92. The lowest BCUT2D eigenvalue weighted by molar-refractivity contribution is -0.129. The van der Waals surface area contributed by atoms with E-state index in [-0.39, 0.29) is 28.3 Å². The number of rotatable bonds is 4. The normalized spacial score (nSPS) is 18.6. The van der Waals surface area contributed by atoms with E-state index in [4.69, 9.17) is 5.73 Å². The zero-order valence-electron chi connectivity index (χ0n) is 15.9. The summed E-state index contributed by atoms with van der Waals surface area (Å²) in [5, 5.41) is 0. The van der Waals surface area contributed by atoms with Crippen molar-refractivity contribution in [1.29, 1.82) is 0 Å². The molecule has 4 rings (SSSR count). The number of amides is 1. The molecule has 2 aromatic heterocycles. The molecule has 0 saturated carbocycles. The molecule has 7 nitrogen and oxygen atoms in total. The van der Waals surface area contributed by atoms with E-state index in [1.54, 1.807) is 0 Å². The Labute approximate surface area is 173 Å². The van der Waals surface area contributed by atoms with Crippen LogP contribution >= 0.6 is 0 Å². The van der Waals surface area contributed by atoms with Crippen molar-refractivity contribution in [1.82, 2.24) is 19.9 Å². The van der Waals surface area contributed by atoms with Gasteiger partial charge in [-0.05, 0) is 35.4 Å². The number of hydrogen-bond acceptors (Lipinski definition) is 6. The minimum absolute atomic E-state index is 0.00894. The third kappa shape index (κ3) is 3.18. The number of pyridine rings is 1. The van der Waals surface area contributed by atoms with E-state index in [0.29, 0.717) is 0 Å². The highest BCUT2D eigenvalue weighted by Crippen LogP contribution is 2.42. The number of alkyl halides is 2. The van der Waals surface area contributed by atoms with Crippen LogP contribution in [0.5, 0.6) is 0 Å². The molecule has 1 aromatic carbocycles. The summed E-state index contributed by atoms with van der Waals surface area (Å²) in [5.74, 6) is -3.44. The van der Waals surface area contributed by atoms with E-state index in [0.717, 1.165) is 23.2 Å². The fraction of sp³-hybridized carbons (Fsp3) is 0.150. The Morgan fingerprint density at radius 3 is 2.45 bits per heavy atom. The molecule has 1 aliphatic heterocycles. The highest BCUT2D eigenvalue weighted by Gasteiger charge is 2.50. The van der Waals surface area contributed by atoms with Crippen molar-refractivity contribution in [2.75, 3.05) is 7.05 Å². The van der Waals surface area contributed by atoms with Gasteiger partial charge in [0.05, 0.1) is 11.9 Å². The van der Waals surface area contributed by atoms with Crippen LogP contribution in [0.3, 0.4) is 0 Å². The standard InChI is InChI=1S/C20H14F4N6O/c1-30-18(31)20(29-19(30)25,10-2-3-27-14(8-10)17(23)24)11-6-12(16(22)13(21)7-11)15-9-26-4-5-28-15/h2-9,17H,1H3,(H2,25,29). The number of nitrogens with zero attached hydrogens (tertiary/aromatic N) is 5. The Balaban J connectivity index is 2.02. The van der Waals surface area contributed by atoms with Crippen LogP contribution in [0.1, 0.15) is 23.2 Å². The quantitative estimate of drug-likeness (QED) is 0.642. The Bertz CT molecular complexity index is 1200. The molecule has 0 aliphatic carbocycles. The second kappa shape index (κ2) is 7.42. The van der Waals surface area contributed by atoms with Crippen molar-refractivity contribution in [3.05, 3.63) is 77.5 Å². The minimum Gasteiger partial charge on any atom is -0.369 e. The molecule has 3 heterocycles. The van der Waals surface area contributed by atoms with Gasteiger partial charge in [-0.25, -0.2) is 22.6 Å². The van der Waals surface area contributed by atoms with Gasteiger partial charge in [-0.3, -0.25) is 24.6 Å². The van der Waals surface area contributed by atoms with Crippen LogP contribution in [-0.2, 0) is 10.3 Å². The number of aliphatic imine (C=N–C) groups is 1. The van der Waals surface area contributed by atoms with Gasteiger partial charge >= 0.3 is 0 Å². The first kappa shape index (κ1) is 20.4. The van der Waals surface area contributed by atoms with E-state index in [1.165, 1.54) is 37.8 Å². The number of carbonyl (C=O) groups excluding carboxylic acids is 1. The maximum atomic E-state index is 14.6. The van der Waals surface area contributed by atoms with E-state index in [9.17, 15) is 22.4 Å². The molecule has 2 N–H and O–H groups in total. The molecule has 1 aliphatic rings. The molecule has 0 spiro atoms. The molecular formula is C20H14F4N6O. The van der Waals surface area contributed by atoms with Crippen molar-refractivity contribution >= 4 is 11.9 Å². The second-order valence-electron chi connectivity index (χ2n) is 6.72. The van der Waals surface area contributed by atoms with Gasteiger partial charge in [0, 0.05) is 31.2 Å². The number of hydrogen-bond donors (Lipinski definition) is 1. The molecule has 0 radical (unpaired) electrons. The average Bonchev–Trinajstić information content (AvgIpc) is 3.01. The van der Waals surface area contributed by atoms with Gasteiger partial charge in [0.15, 0.2) is 23.1 Å². The number of nitrogens with two attached hydrogens (primary N) is 1. The van der Waals surface area contributed by atoms with E-state index >= 15 is 0 Å². The number of benzene rings is 1. The van der Waals surface area contributed by atoms with Crippen molar-refractivity contribution in [2.24, 2.45) is 10.7 Å². The summed E-state index contributed by atoms with van der Waals surface area (Å²) in [4.78, 5) is 29.8. The predicted molar refractivity (Wildman–Crippen MR) is 102 cm³/mol. The van der Waals surface area contributed by atoms with E-state index in [1.807, 2.05) is 0 Å². The highest BCUT2D eigenvalue weighted by molar-refractivity contribution is 6.09. The van der Waals surface area contributed by atoms with Crippen LogP contribution in [0.2, 0.25) is 0 Å². The number of aromatic nitrogens is 3. The lowest BCUT2D eigenvalue weighted by Gasteiger charge is -2.27. The lowest BCUT2D eigenvalue weighted by atomic mass is 9.82. The van der Waals surface area contributed by atoms with Gasteiger partial charge in [-0.1, -0.05) is 0 Å². The zero-order valence-corrected chi connectivity index (χ0v) is 15.9. The highest BCUT2D eigenvalue weighted by atomic mass is 19.3. The fourth-order valence-corrected chi connectivity index (χ4v) is 3.40. The molecule has 0 saturated heterocycles. The molecule has 1 atom stereocenters. The van der Waals surface area contributed by atoms with Crippen LogP contribution in [0.25, 0.3) is 11.3 Å². The molecule has 31 heavy (non-hydrogen) atoms. The predicted octanol–water partition coefficient (Wildman–Crippen LogP) is 2.78. The topological polar surface area (TPSA) is 97.4 Å². The molecule has 1 amide bonds. The van der Waals surface area contributed by atoms with Crippen molar-refractivity contribution in [3.8, 4) is 11.3 Å².